The number of rotatable bonds is 5. The van der Waals surface area contributed by atoms with E-state index in [9.17, 15) is 9.90 Å². The van der Waals surface area contributed by atoms with E-state index in [0.717, 1.165) is 18.4 Å². The highest BCUT2D eigenvalue weighted by atomic mass is 35.5. The molecule has 2 atom stereocenters. The first kappa shape index (κ1) is 17.1. The largest absolute Gasteiger partial charge is 0.394 e. The van der Waals surface area contributed by atoms with E-state index in [1.165, 1.54) is 12.8 Å². The molecule has 1 aromatic rings. The van der Waals surface area contributed by atoms with Crippen molar-refractivity contribution in [2.24, 2.45) is 5.92 Å². The van der Waals surface area contributed by atoms with E-state index in [2.05, 4.69) is 5.32 Å². The molecule has 1 aromatic carbocycles. The summed E-state index contributed by atoms with van der Waals surface area (Å²) in [7, 11) is 1.71. The summed E-state index contributed by atoms with van der Waals surface area (Å²) in [5.74, 6) is 0.461. The fourth-order valence-electron chi connectivity index (χ4n) is 2.99. The van der Waals surface area contributed by atoms with Crippen molar-refractivity contribution >= 4 is 17.6 Å². The second-order valence-electron chi connectivity index (χ2n) is 6.17. The lowest BCUT2D eigenvalue weighted by Gasteiger charge is -2.30. The number of likely N-dealkylation sites (N-methyl/N-ethyl adjacent to an activating group) is 1. The van der Waals surface area contributed by atoms with Crippen LogP contribution in [-0.2, 0) is 0 Å². The van der Waals surface area contributed by atoms with Gasteiger partial charge in [-0.15, -0.1) is 0 Å². The number of aliphatic hydroxyl groups is 1. The van der Waals surface area contributed by atoms with Crippen LogP contribution in [0.3, 0.4) is 0 Å². The molecule has 2 amide bonds. The Morgan fingerprint density at radius 1 is 1.36 bits per heavy atom. The Labute approximate surface area is 137 Å². The van der Waals surface area contributed by atoms with Gasteiger partial charge < -0.3 is 15.3 Å². The van der Waals surface area contributed by atoms with E-state index >= 15 is 0 Å². The molecule has 2 unspecified atom stereocenters. The number of aliphatic hydroxyl groups excluding tert-OH is 1. The summed E-state index contributed by atoms with van der Waals surface area (Å²) >= 11 is 5.97. The second kappa shape index (κ2) is 7.84. The van der Waals surface area contributed by atoms with Gasteiger partial charge in [0.15, 0.2) is 0 Å². The summed E-state index contributed by atoms with van der Waals surface area (Å²) in [6.07, 6.45) is 4.70. The predicted molar refractivity (Wildman–Crippen MR) is 89.0 cm³/mol. The van der Waals surface area contributed by atoms with Crippen molar-refractivity contribution < 1.29 is 9.90 Å². The van der Waals surface area contributed by atoms with Crippen molar-refractivity contribution in [2.75, 3.05) is 13.7 Å². The summed E-state index contributed by atoms with van der Waals surface area (Å²) in [5, 5.41) is 13.1. The molecule has 0 aliphatic heterocycles. The Balaban J connectivity index is 2.14. The molecule has 4 nitrogen and oxygen atoms in total. The first-order valence-corrected chi connectivity index (χ1v) is 8.30. The van der Waals surface area contributed by atoms with Gasteiger partial charge in [-0.25, -0.2) is 4.79 Å². The van der Waals surface area contributed by atoms with Crippen LogP contribution < -0.4 is 5.32 Å². The second-order valence-corrected chi connectivity index (χ2v) is 6.60. The summed E-state index contributed by atoms with van der Waals surface area (Å²) in [4.78, 5) is 14.0. The van der Waals surface area contributed by atoms with Gasteiger partial charge in [0.25, 0.3) is 0 Å². The Kier molecular flexibility index (Phi) is 6.09. The van der Waals surface area contributed by atoms with Gasteiger partial charge in [0, 0.05) is 12.1 Å². The van der Waals surface area contributed by atoms with Gasteiger partial charge in [-0.05, 0) is 43.4 Å². The molecule has 0 radical (unpaired) electrons. The van der Waals surface area contributed by atoms with Crippen LogP contribution in [-0.4, -0.2) is 35.7 Å². The van der Waals surface area contributed by atoms with Crippen LogP contribution in [0.25, 0.3) is 0 Å². The molecule has 1 aliphatic rings. The zero-order valence-corrected chi connectivity index (χ0v) is 14.0. The zero-order valence-electron chi connectivity index (χ0n) is 13.3. The van der Waals surface area contributed by atoms with Crippen molar-refractivity contribution in [2.45, 2.75) is 44.7 Å². The van der Waals surface area contributed by atoms with Gasteiger partial charge in [0.05, 0.1) is 18.7 Å². The number of benzene rings is 1. The van der Waals surface area contributed by atoms with Gasteiger partial charge in [0.1, 0.15) is 0 Å². The van der Waals surface area contributed by atoms with Crippen LogP contribution in [0.5, 0.6) is 0 Å². The number of hydrogen-bond acceptors (Lipinski definition) is 2. The number of nitrogens with zero attached hydrogens (tertiary/aromatic N) is 1. The Bertz CT molecular complexity index is 486. The highest BCUT2D eigenvalue weighted by Gasteiger charge is 2.29. The molecule has 122 valence electrons. The van der Waals surface area contributed by atoms with Crippen molar-refractivity contribution in [3.05, 3.63) is 34.9 Å². The standard InChI is InChI=1S/C17H25ClN2O2/c1-12(11-21)20(2)17(22)19-16(13-5-3-4-6-13)14-7-9-15(18)10-8-14/h7-10,12-13,16,21H,3-6,11H2,1-2H3,(H,19,22). The topological polar surface area (TPSA) is 52.6 Å². The number of hydrogen-bond donors (Lipinski definition) is 2. The van der Waals surface area contributed by atoms with Crippen LogP contribution in [0.1, 0.15) is 44.2 Å². The number of nitrogens with one attached hydrogen (secondary N) is 1. The summed E-state index contributed by atoms with van der Waals surface area (Å²) < 4.78 is 0. The Morgan fingerprint density at radius 2 is 1.95 bits per heavy atom. The van der Waals surface area contributed by atoms with E-state index in [4.69, 9.17) is 11.6 Å². The molecule has 1 saturated carbocycles. The third-order valence-electron chi connectivity index (χ3n) is 4.63. The fraction of sp³-hybridized carbons (Fsp3) is 0.588. The van der Waals surface area contributed by atoms with E-state index in [1.807, 2.05) is 31.2 Å². The monoisotopic (exact) mass is 324 g/mol. The molecule has 0 aromatic heterocycles. The molecule has 1 aliphatic carbocycles. The predicted octanol–water partition coefficient (Wildman–Crippen LogP) is 3.59. The van der Waals surface area contributed by atoms with E-state index in [-0.39, 0.29) is 24.7 Å². The lowest BCUT2D eigenvalue weighted by atomic mass is 9.92. The molecule has 0 heterocycles. The van der Waals surface area contributed by atoms with Gasteiger partial charge in [0.2, 0.25) is 0 Å². The number of carbonyl (C=O) groups is 1. The number of carbonyl (C=O) groups excluding carboxylic acids is 1. The molecular weight excluding hydrogens is 300 g/mol. The molecular formula is C17H25ClN2O2. The highest BCUT2D eigenvalue weighted by molar-refractivity contribution is 6.30. The minimum absolute atomic E-state index is 0.000564. The van der Waals surface area contributed by atoms with Crippen molar-refractivity contribution in [1.82, 2.24) is 10.2 Å². The average molecular weight is 325 g/mol. The quantitative estimate of drug-likeness (QED) is 0.869. The average Bonchev–Trinajstić information content (AvgIpc) is 3.06. The highest BCUT2D eigenvalue weighted by Crippen LogP contribution is 2.36. The first-order valence-electron chi connectivity index (χ1n) is 7.92. The van der Waals surface area contributed by atoms with Crippen molar-refractivity contribution in [3.63, 3.8) is 0 Å². The van der Waals surface area contributed by atoms with Gasteiger partial charge >= 0.3 is 6.03 Å². The molecule has 0 bridgehead atoms. The zero-order chi connectivity index (χ0) is 16.1. The molecule has 5 heteroatoms. The molecule has 1 fully saturated rings. The minimum Gasteiger partial charge on any atom is -0.394 e. The fourth-order valence-corrected chi connectivity index (χ4v) is 3.12. The van der Waals surface area contributed by atoms with Gasteiger partial charge in [-0.1, -0.05) is 36.6 Å². The van der Waals surface area contributed by atoms with E-state index in [1.54, 1.807) is 11.9 Å². The Morgan fingerprint density at radius 3 is 2.50 bits per heavy atom. The van der Waals surface area contributed by atoms with Crippen LogP contribution in [0, 0.1) is 5.92 Å². The maximum atomic E-state index is 12.4. The first-order chi connectivity index (χ1) is 10.5. The smallest absolute Gasteiger partial charge is 0.317 e. The maximum Gasteiger partial charge on any atom is 0.317 e. The third-order valence-corrected chi connectivity index (χ3v) is 4.88. The van der Waals surface area contributed by atoms with E-state index < -0.39 is 0 Å². The molecule has 0 spiro atoms. The lowest BCUT2D eigenvalue weighted by molar-refractivity contribution is 0.152. The van der Waals surface area contributed by atoms with Crippen LogP contribution in [0.15, 0.2) is 24.3 Å². The van der Waals surface area contributed by atoms with E-state index in [0.29, 0.717) is 10.9 Å². The summed E-state index contributed by atoms with van der Waals surface area (Å²) in [5.41, 5.74) is 1.09. The number of urea groups is 1. The summed E-state index contributed by atoms with van der Waals surface area (Å²) in [6, 6.07) is 7.36. The Hall–Kier alpha value is -1.26. The normalized spacial score (nSPS) is 18.0. The molecule has 2 rings (SSSR count). The van der Waals surface area contributed by atoms with Crippen LogP contribution in [0.4, 0.5) is 4.79 Å². The number of amides is 2. The number of halogens is 1. The van der Waals surface area contributed by atoms with Crippen molar-refractivity contribution in [1.29, 1.82) is 0 Å². The molecule has 2 N–H and O–H groups in total. The summed E-state index contributed by atoms with van der Waals surface area (Å²) in [6.45, 7) is 1.78. The molecule has 22 heavy (non-hydrogen) atoms. The molecule has 0 saturated heterocycles. The lowest BCUT2D eigenvalue weighted by Crippen LogP contribution is -2.46. The third kappa shape index (κ3) is 4.14. The maximum absolute atomic E-state index is 12.4. The van der Waals surface area contributed by atoms with Crippen LogP contribution in [0.2, 0.25) is 5.02 Å². The van der Waals surface area contributed by atoms with Crippen LogP contribution >= 0.6 is 11.6 Å². The SMILES string of the molecule is CC(CO)N(C)C(=O)NC(c1ccc(Cl)cc1)C1CCCC1. The minimum atomic E-state index is -0.200. The van der Waals surface area contributed by atoms with Gasteiger partial charge in [-0.2, -0.15) is 0 Å². The van der Waals surface area contributed by atoms with Gasteiger partial charge in [-0.3, -0.25) is 0 Å². The van der Waals surface area contributed by atoms with Crippen molar-refractivity contribution in [3.8, 4) is 0 Å².